The average molecular weight is 415 g/mol. The molecule has 0 bridgehead atoms. The number of hydrogen-bond acceptors (Lipinski definition) is 7. The van der Waals surface area contributed by atoms with E-state index in [4.69, 9.17) is 9.26 Å². The minimum absolute atomic E-state index is 0.0490. The Balaban J connectivity index is 1.47. The number of aryl methyl sites for hydroxylation is 2. The van der Waals surface area contributed by atoms with Crippen molar-refractivity contribution in [3.63, 3.8) is 0 Å². The fraction of sp³-hybridized carbons (Fsp3) is 0.300. The zero-order valence-corrected chi connectivity index (χ0v) is 17.1. The highest BCUT2D eigenvalue weighted by molar-refractivity contribution is 8.01. The Labute approximate surface area is 171 Å². The van der Waals surface area contributed by atoms with Gasteiger partial charge in [0.1, 0.15) is 5.76 Å². The highest BCUT2D eigenvalue weighted by Gasteiger charge is 2.20. The van der Waals surface area contributed by atoms with Crippen LogP contribution in [0.2, 0.25) is 0 Å². The molecule has 29 heavy (non-hydrogen) atoms. The molecule has 0 saturated heterocycles. The van der Waals surface area contributed by atoms with Crippen LogP contribution in [0.15, 0.2) is 34.9 Å². The smallest absolute Gasteiger partial charge is 0.316 e. The maximum absolute atomic E-state index is 12.5. The van der Waals surface area contributed by atoms with Crippen molar-refractivity contribution >= 4 is 46.1 Å². The van der Waals surface area contributed by atoms with E-state index in [1.807, 2.05) is 31.2 Å². The predicted molar refractivity (Wildman–Crippen MR) is 110 cm³/mol. The third-order valence-electron chi connectivity index (χ3n) is 4.24. The molecule has 0 radical (unpaired) electrons. The second-order valence-electron chi connectivity index (χ2n) is 6.52. The number of para-hydroxylation sites is 1. The maximum atomic E-state index is 12.5. The first-order valence-electron chi connectivity index (χ1n) is 8.97. The van der Waals surface area contributed by atoms with Gasteiger partial charge >= 0.3 is 5.97 Å². The number of carbonyl (C=O) groups is 3. The van der Waals surface area contributed by atoms with Crippen LogP contribution in [-0.2, 0) is 14.3 Å². The van der Waals surface area contributed by atoms with Crippen LogP contribution < -0.4 is 5.32 Å². The zero-order valence-electron chi connectivity index (χ0n) is 16.3. The van der Waals surface area contributed by atoms with E-state index in [9.17, 15) is 14.4 Å². The molecule has 0 aliphatic carbocycles. The summed E-state index contributed by atoms with van der Waals surface area (Å²) in [7, 11) is 0. The third-order valence-corrected chi connectivity index (χ3v) is 5.35. The van der Waals surface area contributed by atoms with Gasteiger partial charge in [-0.2, -0.15) is 0 Å². The number of ketones is 1. The van der Waals surface area contributed by atoms with E-state index in [1.54, 1.807) is 19.9 Å². The number of aromatic amines is 1. The molecule has 1 atom stereocenters. The lowest BCUT2D eigenvalue weighted by molar-refractivity contribution is -0.139. The number of Topliss-reactive ketones (excluding diaryl/α,β-unsaturated/α-hetero) is 1. The minimum atomic E-state index is -0.558. The molecule has 8 nitrogen and oxygen atoms in total. The van der Waals surface area contributed by atoms with Crippen molar-refractivity contribution in [2.45, 2.75) is 26.0 Å². The molecule has 1 amide bonds. The summed E-state index contributed by atoms with van der Waals surface area (Å²) in [5.74, 6) is -0.279. The summed E-state index contributed by atoms with van der Waals surface area (Å²) < 4.78 is 9.98. The van der Waals surface area contributed by atoms with Gasteiger partial charge in [-0.05, 0) is 26.8 Å². The lowest BCUT2D eigenvalue weighted by atomic mass is 10.1. The van der Waals surface area contributed by atoms with E-state index in [2.05, 4.69) is 15.5 Å². The van der Waals surface area contributed by atoms with E-state index in [0.29, 0.717) is 17.1 Å². The quantitative estimate of drug-likeness (QED) is 0.429. The highest BCUT2D eigenvalue weighted by Crippen LogP contribution is 2.22. The Morgan fingerprint density at radius 1 is 1.28 bits per heavy atom. The molecule has 2 N–H and O–H groups in total. The first-order chi connectivity index (χ1) is 13.8. The molecule has 2 heterocycles. The minimum Gasteiger partial charge on any atom is -0.457 e. The second-order valence-corrected chi connectivity index (χ2v) is 7.85. The SMILES string of the molecule is Cc1cc(NC(=O)C(C)SCC(=O)OCC(=O)c2c(C)[nH]c3ccccc23)no1. The number of fused-ring (bicyclic) bond motifs is 1. The number of amides is 1. The van der Waals surface area contributed by atoms with E-state index < -0.39 is 11.2 Å². The number of benzene rings is 1. The number of thioether (sulfide) groups is 1. The topological polar surface area (TPSA) is 114 Å². The number of nitrogens with one attached hydrogen (secondary N) is 2. The molecule has 0 aliphatic rings. The first-order valence-corrected chi connectivity index (χ1v) is 10.0. The van der Waals surface area contributed by atoms with Crippen molar-refractivity contribution in [3.05, 3.63) is 47.3 Å². The van der Waals surface area contributed by atoms with Crippen molar-refractivity contribution in [2.24, 2.45) is 0 Å². The van der Waals surface area contributed by atoms with Gasteiger partial charge < -0.3 is 19.6 Å². The van der Waals surface area contributed by atoms with Gasteiger partial charge in [-0.25, -0.2) is 0 Å². The molecule has 0 saturated carbocycles. The maximum Gasteiger partial charge on any atom is 0.316 e. The molecule has 0 spiro atoms. The van der Waals surface area contributed by atoms with Crippen LogP contribution in [0.4, 0.5) is 5.82 Å². The van der Waals surface area contributed by atoms with Gasteiger partial charge in [0.2, 0.25) is 11.7 Å². The average Bonchev–Trinajstić information content (AvgIpc) is 3.25. The van der Waals surface area contributed by atoms with E-state index >= 15 is 0 Å². The number of hydrogen-bond donors (Lipinski definition) is 2. The monoisotopic (exact) mass is 415 g/mol. The van der Waals surface area contributed by atoms with Gasteiger partial charge in [0, 0.05) is 28.2 Å². The van der Waals surface area contributed by atoms with E-state index in [0.717, 1.165) is 28.4 Å². The number of nitrogens with zero attached hydrogens (tertiary/aromatic N) is 1. The molecule has 0 aliphatic heterocycles. The summed E-state index contributed by atoms with van der Waals surface area (Å²) in [5, 5.41) is 6.58. The number of H-pyrrole nitrogens is 1. The van der Waals surface area contributed by atoms with Crippen molar-refractivity contribution < 1.29 is 23.6 Å². The van der Waals surface area contributed by atoms with E-state index in [-0.39, 0.29) is 24.1 Å². The summed E-state index contributed by atoms with van der Waals surface area (Å²) in [4.78, 5) is 39.7. The van der Waals surface area contributed by atoms with Crippen molar-refractivity contribution in [2.75, 3.05) is 17.7 Å². The number of ether oxygens (including phenoxy) is 1. The molecule has 9 heteroatoms. The van der Waals surface area contributed by atoms with Crippen LogP contribution in [0.5, 0.6) is 0 Å². The number of aromatic nitrogens is 2. The molecule has 1 unspecified atom stereocenters. The summed E-state index contributed by atoms with van der Waals surface area (Å²) in [5.41, 5.74) is 2.11. The summed E-state index contributed by atoms with van der Waals surface area (Å²) in [6.45, 7) is 4.85. The molecule has 2 aromatic heterocycles. The van der Waals surface area contributed by atoms with Crippen LogP contribution in [0, 0.1) is 13.8 Å². The fourth-order valence-corrected chi connectivity index (χ4v) is 3.50. The summed E-state index contributed by atoms with van der Waals surface area (Å²) >= 11 is 1.11. The van der Waals surface area contributed by atoms with Crippen LogP contribution in [0.1, 0.15) is 28.7 Å². The van der Waals surface area contributed by atoms with E-state index in [1.165, 1.54) is 0 Å². The standard InChI is InChI=1S/C20H21N3O5S/c1-11-8-17(23-28-11)22-20(26)13(3)29-10-18(25)27-9-16(24)19-12(2)21-15-7-5-4-6-14(15)19/h4-8,13,21H,9-10H2,1-3H3,(H,22,23,26). The van der Waals surface area contributed by atoms with Gasteiger partial charge in [-0.15, -0.1) is 11.8 Å². The molecule has 1 aromatic carbocycles. The van der Waals surface area contributed by atoms with Crippen molar-refractivity contribution in [1.29, 1.82) is 0 Å². The lowest BCUT2D eigenvalue weighted by Gasteiger charge is -2.10. The van der Waals surface area contributed by atoms with Gasteiger partial charge in [-0.1, -0.05) is 23.4 Å². The van der Waals surface area contributed by atoms with Crippen molar-refractivity contribution in [3.8, 4) is 0 Å². The summed E-state index contributed by atoms with van der Waals surface area (Å²) in [6, 6.07) is 9.06. The zero-order chi connectivity index (χ0) is 21.0. The lowest BCUT2D eigenvalue weighted by Crippen LogP contribution is -2.24. The number of anilines is 1. The van der Waals surface area contributed by atoms with Gasteiger partial charge in [0.05, 0.1) is 11.0 Å². The van der Waals surface area contributed by atoms with Crippen LogP contribution in [0.3, 0.4) is 0 Å². The van der Waals surface area contributed by atoms with Crippen molar-refractivity contribution in [1.82, 2.24) is 10.1 Å². The van der Waals surface area contributed by atoms with Crippen LogP contribution >= 0.6 is 11.8 Å². The Hall–Kier alpha value is -3.07. The first kappa shape index (κ1) is 20.7. The number of carbonyl (C=O) groups excluding carboxylic acids is 3. The van der Waals surface area contributed by atoms with Crippen LogP contribution in [0.25, 0.3) is 10.9 Å². The molecule has 152 valence electrons. The molecular formula is C20H21N3O5S. The Morgan fingerprint density at radius 2 is 2.03 bits per heavy atom. The Kier molecular flexibility index (Phi) is 6.38. The third kappa shape index (κ3) is 5.05. The predicted octanol–water partition coefficient (Wildman–Crippen LogP) is 3.26. The Morgan fingerprint density at radius 3 is 2.76 bits per heavy atom. The molecular weight excluding hydrogens is 394 g/mol. The number of esters is 1. The van der Waals surface area contributed by atoms with Crippen LogP contribution in [-0.4, -0.2) is 45.4 Å². The second kappa shape index (κ2) is 8.95. The fourth-order valence-electron chi connectivity index (χ4n) is 2.82. The largest absolute Gasteiger partial charge is 0.457 e. The van der Waals surface area contributed by atoms with Gasteiger partial charge in [-0.3, -0.25) is 14.4 Å². The van der Waals surface area contributed by atoms with Gasteiger partial charge in [0.15, 0.2) is 12.4 Å². The molecule has 3 rings (SSSR count). The normalized spacial score (nSPS) is 12.0. The summed E-state index contributed by atoms with van der Waals surface area (Å²) in [6.07, 6.45) is 0. The Bertz CT molecular complexity index is 1060. The molecule has 3 aromatic rings. The highest BCUT2D eigenvalue weighted by atomic mass is 32.2. The number of rotatable bonds is 8. The molecule has 0 fully saturated rings. The van der Waals surface area contributed by atoms with Gasteiger partial charge in [0.25, 0.3) is 0 Å².